The van der Waals surface area contributed by atoms with Crippen molar-refractivity contribution in [1.29, 1.82) is 0 Å². The van der Waals surface area contributed by atoms with Crippen LogP contribution in [-0.2, 0) is 16.6 Å². The summed E-state index contributed by atoms with van der Waals surface area (Å²) in [6, 6.07) is 13.9. The minimum atomic E-state index is -3.59. The minimum Gasteiger partial charge on any atom is -0.310 e. The molecule has 3 aromatic rings. The zero-order valence-electron chi connectivity index (χ0n) is 16.3. The number of piperidine rings is 1. The summed E-state index contributed by atoms with van der Waals surface area (Å²) < 4.78 is 29.3. The Kier molecular flexibility index (Phi) is 5.38. The highest BCUT2D eigenvalue weighted by molar-refractivity contribution is 7.89. The number of nitrogens with one attached hydrogen (secondary N) is 1. The number of fused-ring (bicyclic) bond motifs is 1. The molecule has 0 radical (unpaired) electrons. The number of carbonyl (C=O) groups is 1. The van der Waals surface area contributed by atoms with E-state index in [2.05, 4.69) is 10.3 Å². The molecule has 8 heteroatoms. The van der Waals surface area contributed by atoms with E-state index >= 15 is 0 Å². The molecule has 1 aromatic heterocycles. The molecule has 7 nitrogen and oxygen atoms in total. The van der Waals surface area contributed by atoms with Crippen molar-refractivity contribution >= 4 is 32.9 Å². The third kappa shape index (κ3) is 3.77. The first-order chi connectivity index (χ1) is 14.0. The lowest BCUT2D eigenvalue weighted by molar-refractivity contribution is 0.102. The van der Waals surface area contributed by atoms with Crippen molar-refractivity contribution in [2.75, 3.05) is 18.4 Å². The van der Waals surface area contributed by atoms with Crippen LogP contribution in [0.2, 0.25) is 0 Å². The molecule has 29 heavy (non-hydrogen) atoms. The quantitative estimate of drug-likeness (QED) is 0.695. The van der Waals surface area contributed by atoms with Gasteiger partial charge in [0.1, 0.15) is 0 Å². The molecule has 1 aliphatic heterocycles. The summed E-state index contributed by atoms with van der Waals surface area (Å²) in [6.45, 7) is 3.69. The fourth-order valence-electron chi connectivity index (χ4n) is 3.72. The minimum absolute atomic E-state index is 0.149. The van der Waals surface area contributed by atoms with Crippen LogP contribution in [0.1, 0.15) is 36.5 Å². The van der Waals surface area contributed by atoms with Crippen molar-refractivity contribution in [3.8, 4) is 0 Å². The molecule has 1 aliphatic rings. The largest absolute Gasteiger partial charge is 0.310 e. The average Bonchev–Trinajstić information content (AvgIpc) is 3.11. The Hall–Kier alpha value is -2.71. The van der Waals surface area contributed by atoms with E-state index in [1.807, 2.05) is 35.8 Å². The molecule has 0 saturated carbocycles. The molecule has 1 N–H and O–H groups in total. The van der Waals surface area contributed by atoms with E-state index < -0.39 is 10.0 Å². The van der Waals surface area contributed by atoms with E-state index in [-0.39, 0.29) is 16.4 Å². The third-order valence-electron chi connectivity index (χ3n) is 5.25. The molecule has 2 aromatic carbocycles. The van der Waals surface area contributed by atoms with Gasteiger partial charge in [0.15, 0.2) is 0 Å². The van der Waals surface area contributed by atoms with Gasteiger partial charge in [-0.25, -0.2) is 13.4 Å². The standard InChI is InChI=1S/C21H24N4O3S/c1-2-25-19-12-5-4-11-18(19)22-21(25)23-20(26)16-9-8-10-17(15-16)29(27,28)24-13-6-3-7-14-24/h4-5,8-12,15H,2-3,6-7,13-14H2,1H3,(H,22,23,26). The fourth-order valence-corrected chi connectivity index (χ4v) is 5.28. The number of aromatic nitrogens is 2. The third-order valence-corrected chi connectivity index (χ3v) is 7.14. The van der Waals surface area contributed by atoms with Gasteiger partial charge in [-0.05, 0) is 50.1 Å². The number of nitrogens with zero attached hydrogens (tertiary/aromatic N) is 3. The second kappa shape index (κ2) is 7.96. The van der Waals surface area contributed by atoms with E-state index in [1.54, 1.807) is 18.2 Å². The van der Waals surface area contributed by atoms with Gasteiger partial charge in [-0.3, -0.25) is 10.1 Å². The number of benzene rings is 2. The van der Waals surface area contributed by atoms with Crippen LogP contribution in [0.5, 0.6) is 0 Å². The normalized spacial score (nSPS) is 15.5. The van der Waals surface area contributed by atoms with Gasteiger partial charge >= 0.3 is 0 Å². The van der Waals surface area contributed by atoms with Crippen LogP contribution in [0.25, 0.3) is 11.0 Å². The summed E-state index contributed by atoms with van der Waals surface area (Å²) >= 11 is 0. The summed E-state index contributed by atoms with van der Waals surface area (Å²) in [6.07, 6.45) is 2.78. The first kappa shape index (κ1) is 19.6. The van der Waals surface area contributed by atoms with Crippen LogP contribution < -0.4 is 5.32 Å². The maximum Gasteiger partial charge on any atom is 0.258 e. The molecule has 2 heterocycles. The van der Waals surface area contributed by atoms with E-state index in [0.717, 1.165) is 30.3 Å². The smallest absolute Gasteiger partial charge is 0.258 e. The molecule has 4 rings (SSSR count). The van der Waals surface area contributed by atoms with Crippen molar-refractivity contribution in [1.82, 2.24) is 13.9 Å². The monoisotopic (exact) mass is 412 g/mol. The predicted octanol–water partition coefficient (Wildman–Crippen LogP) is 3.48. The number of para-hydroxylation sites is 2. The highest BCUT2D eigenvalue weighted by atomic mass is 32.2. The first-order valence-corrected chi connectivity index (χ1v) is 11.3. The van der Waals surface area contributed by atoms with Gasteiger partial charge < -0.3 is 4.57 Å². The Morgan fingerprint density at radius 1 is 1.07 bits per heavy atom. The number of aryl methyl sites for hydroxylation is 1. The molecule has 0 spiro atoms. The lowest BCUT2D eigenvalue weighted by Gasteiger charge is -2.26. The zero-order valence-corrected chi connectivity index (χ0v) is 17.2. The van der Waals surface area contributed by atoms with Crippen molar-refractivity contribution in [3.05, 3.63) is 54.1 Å². The summed E-state index contributed by atoms with van der Waals surface area (Å²) in [5.74, 6) is 0.0636. The molecular weight excluding hydrogens is 388 g/mol. The Bertz CT molecular complexity index is 1150. The molecule has 0 bridgehead atoms. The lowest BCUT2D eigenvalue weighted by Crippen LogP contribution is -2.35. The van der Waals surface area contributed by atoms with Crippen LogP contribution >= 0.6 is 0 Å². The number of hydrogen-bond donors (Lipinski definition) is 1. The number of carbonyl (C=O) groups excluding carboxylic acids is 1. The van der Waals surface area contributed by atoms with Crippen LogP contribution in [-0.4, -0.2) is 41.3 Å². The Labute approximate surface area is 170 Å². The molecule has 1 saturated heterocycles. The maximum atomic E-state index is 12.9. The number of sulfonamides is 1. The number of rotatable bonds is 5. The highest BCUT2D eigenvalue weighted by Crippen LogP contribution is 2.23. The summed E-state index contributed by atoms with van der Waals surface area (Å²) in [4.78, 5) is 17.5. The fraction of sp³-hybridized carbons (Fsp3) is 0.333. The predicted molar refractivity (Wildman–Crippen MR) is 112 cm³/mol. The van der Waals surface area contributed by atoms with Crippen molar-refractivity contribution in [2.45, 2.75) is 37.6 Å². The molecule has 0 unspecified atom stereocenters. The van der Waals surface area contributed by atoms with Crippen molar-refractivity contribution in [3.63, 3.8) is 0 Å². The van der Waals surface area contributed by atoms with Gasteiger partial charge in [0.05, 0.1) is 15.9 Å². The van der Waals surface area contributed by atoms with E-state index in [1.165, 1.54) is 10.4 Å². The van der Waals surface area contributed by atoms with E-state index in [0.29, 0.717) is 25.6 Å². The number of hydrogen-bond acceptors (Lipinski definition) is 4. The number of imidazole rings is 1. The van der Waals surface area contributed by atoms with Gasteiger partial charge in [0, 0.05) is 25.2 Å². The topological polar surface area (TPSA) is 84.3 Å². The second-order valence-electron chi connectivity index (χ2n) is 7.12. The van der Waals surface area contributed by atoms with E-state index in [9.17, 15) is 13.2 Å². The summed E-state index contributed by atoms with van der Waals surface area (Å²) in [5, 5.41) is 2.83. The van der Waals surface area contributed by atoms with Gasteiger partial charge in [0.25, 0.3) is 5.91 Å². The van der Waals surface area contributed by atoms with Crippen molar-refractivity contribution in [2.24, 2.45) is 0 Å². The van der Waals surface area contributed by atoms with Crippen LogP contribution in [0.3, 0.4) is 0 Å². The lowest BCUT2D eigenvalue weighted by atomic mass is 10.2. The molecule has 0 aliphatic carbocycles. The van der Waals surface area contributed by atoms with Crippen LogP contribution in [0.4, 0.5) is 5.95 Å². The average molecular weight is 413 g/mol. The zero-order chi connectivity index (χ0) is 20.4. The highest BCUT2D eigenvalue weighted by Gasteiger charge is 2.26. The SMILES string of the molecule is CCn1c(NC(=O)c2cccc(S(=O)(=O)N3CCCCC3)c2)nc2ccccc21. The Balaban J connectivity index is 1.61. The Morgan fingerprint density at radius 2 is 1.83 bits per heavy atom. The molecule has 152 valence electrons. The number of anilines is 1. The first-order valence-electron chi connectivity index (χ1n) is 9.87. The molecule has 0 atom stereocenters. The molecule has 1 fully saturated rings. The van der Waals surface area contributed by atoms with Gasteiger partial charge in [-0.2, -0.15) is 4.31 Å². The van der Waals surface area contributed by atoms with Crippen LogP contribution in [0.15, 0.2) is 53.4 Å². The van der Waals surface area contributed by atoms with Crippen LogP contribution in [0, 0.1) is 0 Å². The molecular formula is C21H24N4O3S. The maximum absolute atomic E-state index is 12.9. The van der Waals surface area contributed by atoms with E-state index in [4.69, 9.17) is 0 Å². The number of amides is 1. The van der Waals surface area contributed by atoms with Gasteiger partial charge in [0.2, 0.25) is 16.0 Å². The molecule has 1 amide bonds. The summed E-state index contributed by atoms with van der Waals surface area (Å²) in [7, 11) is -3.59. The van der Waals surface area contributed by atoms with Crippen molar-refractivity contribution < 1.29 is 13.2 Å². The Morgan fingerprint density at radius 3 is 2.59 bits per heavy atom. The second-order valence-corrected chi connectivity index (χ2v) is 9.05. The van der Waals surface area contributed by atoms with Gasteiger partial charge in [-0.15, -0.1) is 0 Å². The summed E-state index contributed by atoms with van der Waals surface area (Å²) in [5.41, 5.74) is 2.02. The van der Waals surface area contributed by atoms with Gasteiger partial charge in [-0.1, -0.05) is 24.6 Å².